The zero-order chi connectivity index (χ0) is 20.4. The first-order chi connectivity index (χ1) is 14.0. The number of rotatable bonds is 4. The van der Waals surface area contributed by atoms with Gasteiger partial charge in [-0.25, -0.2) is 9.48 Å². The Bertz CT molecular complexity index is 1340. The van der Waals surface area contributed by atoms with Crippen molar-refractivity contribution >= 4 is 30.2 Å². The van der Waals surface area contributed by atoms with E-state index in [9.17, 15) is 9.59 Å². The van der Waals surface area contributed by atoms with Crippen LogP contribution >= 0.6 is 11.6 Å². The summed E-state index contributed by atoms with van der Waals surface area (Å²) in [6, 6.07) is 17.1. The number of ether oxygens (including phenoxy) is 1. The lowest BCUT2D eigenvalue weighted by atomic mass is 10.2. The number of para-hydroxylation sites is 1. The molecule has 0 aliphatic carbocycles. The molecule has 0 fully saturated rings. The van der Waals surface area contributed by atoms with Crippen molar-refractivity contribution in [2.45, 2.75) is 0 Å². The predicted molar refractivity (Wildman–Crippen MR) is 110 cm³/mol. The van der Waals surface area contributed by atoms with Gasteiger partial charge < -0.3 is 9.15 Å². The molecule has 0 bridgehead atoms. The fourth-order valence-electron chi connectivity index (χ4n) is 2.80. The van der Waals surface area contributed by atoms with Gasteiger partial charge in [-0.3, -0.25) is 9.89 Å². The second-order valence-corrected chi connectivity index (χ2v) is 6.59. The monoisotopic (exact) mass is 406 g/mol. The first-order valence-corrected chi connectivity index (χ1v) is 9.03. The number of hydrogen-bond acceptors (Lipinski definition) is 4. The second-order valence-electron chi connectivity index (χ2n) is 6.18. The third-order valence-corrected chi connectivity index (χ3v) is 4.51. The van der Waals surface area contributed by atoms with E-state index >= 15 is 0 Å². The number of nitrogens with one attached hydrogen (secondary N) is 1. The molecular weight excluding hydrogens is 392 g/mol. The van der Waals surface area contributed by atoms with E-state index in [1.54, 1.807) is 30.3 Å². The van der Waals surface area contributed by atoms with Crippen molar-refractivity contribution in [3.63, 3.8) is 0 Å². The molecule has 2 aromatic carbocycles. The maximum Gasteiger partial charge on any atom is 0.379 e. The lowest BCUT2D eigenvalue weighted by Gasteiger charge is -2.05. The summed E-state index contributed by atoms with van der Waals surface area (Å²) in [5.74, 6) is -0.381. The number of esters is 1. The van der Waals surface area contributed by atoms with Crippen LogP contribution in [0.5, 0.6) is 5.75 Å². The molecule has 4 rings (SSSR count). The molecule has 0 atom stereocenters. The number of halogens is 1. The molecule has 1 N–H and O–H groups in total. The quantitative estimate of drug-likeness (QED) is 0.417. The van der Waals surface area contributed by atoms with Crippen molar-refractivity contribution in [1.29, 1.82) is 0 Å². The minimum Gasteiger partial charge on any atom is -0.457 e. The highest BCUT2D eigenvalue weighted by atomic mass is 35.5. The lowest BCUT2D eigenvalue weighted by Crippen LogP contribution is -2.33. The van der Waals surface area contributed by atoms with E-state index in [2.05, 4.69) is 11.7 Å². The van der Waals surface area contributed by atoms with Gasteiger partial charge in [0.25, 0.3) is 5.56 Å². The van der Waals surface area contributed by atoms with Gasteiger partial charge in [-0.15, -0.1) is 0 Å². The highest BCUT2D eigenvalue weighted by Gasteiger charge is 2.13. The van der Waals surface area contributed by atoms with Crippen LogP contribution in [-0.2, 0) is 0 Å². The lowest BCUT2D eigenvalue weighted by molar-refractivity contribution is 0.0701. The molecule has 0 saturated heterocycles. The number of H-pyrrole nitrogens is 1. The Morgan fingerprint density at radius 2 is 1.93 bits per heavy atom. The average molecular weight is 407 g/mol. The summed E-state index contributed by atoms with van der Waals surface area (Å²) in [4.78, 5) is 24.8. The first kappa shape index (κ1) is 18.6. The number of nitrogens with zero attached hydrogens (tertiary/aromatic N) is 1. The summed E-state index contributed by atoms with van der Waals surface area (Å²) in [7, 11) is 0. The Balaban J connectivity index is 1.67. The van der Waals surface area contributed by atoms with Crippen molar-refractivity contribution in [1.82, 2.24) is 9.78 Å². The van der Waals surface area contributed by atoms with Gasteiger partial charge in [-0.05, 0) is 48.0 Å². The van der Waals surface area contributed by atoms with Gasteiger partial charge in [0.1, 0.15) is 5.75 Å². The van der Waals surface area contributed by atoms with Crippen molar-refractivity contribution < 1.29 is 13.9 Å². The molecule has 0 saturated carbocycles. The van der Waals surface area contributed by atoms with E-state index in [1.165, 1.54) is 17.0 Å². The van der Waals surface area contributed by atoms with Crippen LogP contribution in [0, 0.1) is 0 Å². The fourth-order valence-corrected chi connectivity index (χ4v) is 3.03. The highest BCUT2D eigenvalue weighted by Crippen LogP contribution is 2.26. The van der Waals surface area contributed by atoms with Crippen LogP contribution in [0.15, 0.2) is 76.1 Å². The van der Waals surface area contributed by atoms with Crippen molar-refractivity contribution in [2.75, 3.05) is 0 Å². The van der Waals surface area contributed by atoms with Gasteiger partial charge >= 0.3 is 5.97 Å². The van der Waals surface area contributed by atoms with Crippen molar-refractivity contribution in [3.8, 4) is 11.4 Å². The van der Waals surface area contributed by atoms with Gasteiger partial charge in [0, 0.05) is 0 Å². The molecule has 144 valence electrons. The number of hydrogen-bond donors (Lipinski definition) is 1. The first-order valence-electron chi connectivity index (χ1n) is 8.65. The Morgan fingerprint density at radius 1 is 1.14 bits per heavy atom. The Morgan fingerprint density at radius 3 is 2.62 bits per heavy atom. The van der Waals surface area contributed by atoms with E-state index in [-0.39, 0.29) is 22.1 Å². The molecule has 0 radical (unpaired) electrons. The van der Waals surface area contributed by atoms with Crippen LogP contribution in [0.4, 0.5) is 0 Å². The molecule has 0 amide bonds. The summed E-state index contributed by atoms with van der Waals surface area (Å²) < 4.78 is 11.7. The van der Waals surface area contributed by atoms with E-state index in [0.717, 1.165) is 0 Å². The number of aromatic amines is 1. The molecular formula is C22H15ClN2O4. The third kappa shape index (κ3) is 3.79. The number of carbonyl (C=O) groups excluding carboxylic acids is 1. The molecule has 4 aromatic rings. The van der Waals surface area contributed by atoms with E-state index in [1.807, 2.05) is 30.3 Å². The molecule has 6 nitrogen and oxygen atoms in total. The molecule has 0 unspecified atom stereocenters. The van der Waals surface area contributed by atoms with Gasteiger partial charge in [-0.1, -0.05) is 42.4 Å². The smallest absolute Gasteiger partial charge is 0.379 e. The maximum atomic E-state index is 12.8. The van der Waals surface area contributed by atoms with Crippen LogP contribution in [0.3, 0.4) is 0 Å². The number of carbonyl (C=O) groups is 1. The summed E-state index contributed by atoms with van der Waals surface area (Å²) in [6.45, 7) is 3.91. The molecule has 0 spiro atoms. The Labute approximate surface area is 169 Å². The van der Waals surface area contributed by atoms with Crippen LogP contribution < -0.4 is 20.9 Å². The maximum absolute atomic E-state index is 12.8. The molecule has 2 heterocycles. The van der Waals surface area contributed by atoms with Gasteiger partial charge in [0.2, 0.25) is 5.76 Å². The normalized spacial score (nSPS) is 11.6. The SMILES string of the molecule is C=c1[nH]n(-c2ccccc2)c(=O)/c1=C/c1ccc(OC(=O)c2ccco2)c(Cl)c1. The zero-order valence-electron chi connectivity index (χ0n) is 15.1. The minimum absolute atomic E-state index is 0.0761. The number of furan rings is 1. The summed E-state index contributed by atoms with van der Waals surface area (Å²) in [5.41, 5.74) is 1.14. The zero-order valence-corrected chi connectivity index (χ0v) is 15.8. The highest BCUT2D eigenvalue weighted by molar-refractivity contribution is 6.32. The van der Waals surface area contributed by atoms with E-state index < -0.39 is 5.97 Å². The molecule has 0 aliphatic rings. The average Bonchev–Trinajstić information content (AvgIpc) is 3.35. The van der Waals surface area contributed by atoms with Crippen LogP contribution in [0.25, 0.3) is 18.3 Å². The van der Waals surface area contributed by atoms with Crippen LogP contribution in [0.2, 0.25) is 5.02 Å². The minimum atomic E-state index is -0.648. The Kier molecular flexibility index (Phi) is 4.93. The standard InChI is InChI=1S/C22H15ClN2O4/c1-14-17(21(26)25(24-14)16-6-3-2-4-7-16)12-15-9-10-19(18(23)13-15)29-22(27)20-8-5-11-28-20/h2-13,24H,1H2/b17-12+. The van der Waals surface area contributed by atoms with Crippen molar-refractivity contribution in [3.05, 3.63) is 104 Å². The van der Waals surface area contributed by atoms with Crippen molar-refractivity contribution in [2.24, 2.45) is 0 Å². The second kappa shape index (κ2) is 7.69. The number of aromatic nitrogens is 2. The van der Waals surface area contributed by atoms with Gasteiger partial charge in [-0.2, -0.15) is 0 Å². The predicted octanol–water partition coefficient (Wildman–Crippen LogP) is 2.87. The largest absolute Gasteiger partial charge is 0.457 e. The Hall–Kier alpha value is -3.77. The van der Waals surface area contributed by atoms with E-state index in [0.29, 0.717) is 21.8 Å². The topological polar surface area (TPSA) is 77.2 Å². The van der Waals surface area contributed by atoms with E-state index in [4.69, 9.17) is 20.8 Å². The fraction of sp³-hybridized carbons (Fsp3) is 0. The van der Waals surface area contributed by atoms with Gasteiger partial charge in [0.15, 0.2) is 0 Å². The molecule has 7 heteroatoms. The molecule has 0 aliphatic heterocycles. The van der Waals surface area contributed by atoms with Gasteiger partial charge in [0.05, 0.1) is 27.5 Å². The summed E-state index contributed by atoms with van der Waals surface area (Å²) in [5, 5.41) is 4.07. The number of benzene rings is 2. The molecule has 2 aromatic heterocycles. The summed E-state index contributed by atoms with van der Waals surface area (Å²) >= 11 is 6.25. The summed E-state index contributed by atoms with van der Waals surface area (Å²) in [6.07, 6.45) is 3.05. The third-order valence-electron chi connectivity index (χ3n) is 4.21. The molecule has 29 heavy (non-hydrogen) atoms. The van der Waals surface area contributed by atoms with Crippen LogP contribution in [0.1, 0.15) is 16.1 Å². The van der Waals surface area contributed by atoms with Crippen LogP contribution in [-0.4, -0.2) is 15.7 Å².